The van der Waals surface area contributed by atoms with E-state index < -0.39 is 5.92 Å². The van der Waals surface area contributed by atoms with E-state index in [1.807, 2.05) is 18.7 Å². The van der Waals surface area contributed by atoms with Crippen LogP contribution in [0.3, 0.4) is 0 Å². The zero-order valence-electron chi connectivity index (χ0n) is 22.4. The monoisotopic (exact) mass is 508 g/mol. The number of aryl methyl sites for hydroxylation is 2. The number of aromatic nitrogens is 2. The van der Waals surface area contributed by atoms with Crippen molar-refractivity contribution in [3.8, 4) is 11.3 Å². The van der Waals surface area contributed by atoms with Gasteiger partial charge in [-0.05, 0) is 86.9 Å². The van der Waals surface area contributed by atoms with Crippen molar-refractivity contribution in [1.82, 2.24) is 19.8 Å². The Hall–Kier alpha value is -2.80. The number of carbonyl (C=O) groups excluding carboxylic acids is 1. The van der Waals surface area contributed by atoms with Crippen LogP contribution in [0.5, 0.6) is 0 Å². The molecule has 7 heteroatoms. The van der Waals surface area contributed by atoms with Crippen LogP contribution >= 0.6 is 0 Å². The molecule has 2 aliphatic heterocycles. The smallest absolute Gasteiger partial charge is 0.260 e. The minimum Gasteiger partial charge on any atom is -0.354 e. The zero-order chi connectivity index (χ0) is 26.3. The topological polar surface area (TPSA) is 52.2 Å². The van der Waals surface area contributed by atoms with Gasteiger partial charge >= 0.3 is 0 Å². The molecular weight excluding hydrogens is 470 g/mol. The summed E-state index contributed by atoms with van der Waals surface area (Å²) in [5.74, 6) is -1.95. The van der Waals surface area contributed by atoms with Crippen molar-refractivity contribution in [2.45, 2.75) is 71.1 Å². The number of carbonyl (C=O) groups is 1. The van der Waals surface area contributed by atoms with Crippen molar-refractivity contribution >= 4 is 16.8 Å². The van der Waals surface area contributed by atoms with Gasteiger partial charge in [-0.2, -0.15) is 0 Å². The summed E-state index contributed by atoms with van der Waals surface area (Å²) in [7, 11) is 0. The normalized spacial score (nSPS) is 19.2. The predicted octanol–water partition coefficient (Wildman–Crippen LogP) is 6.41. The first-order valence-corrected chi connectivity index (χ1v) is 13.6. The van der Waals surface area contributed by atoms with Gasteiger partial charge in [0, 0.05) is 47.4 Å². The minimum atomic E-state index is -2.67. The molecule has 5 rings (SSSR count). The van der Waals surface area contributed by atoms with Crippen LogP contribution in [0.1, 0.15) is 73.9 Å². The molecule has 2 aliphatic rings. The lowest BCUT2D eigenvalue weighted by molar-refractivity contribution is -0.136. The average molecular weight is 509 g/mol. The number of nitrogens with one attached hydrogen (secondary N) is 1. The van der Waals surface area contributed by atoms with Gasteiger partial charge in [0.2, 0.25) is 5.91 Å². The Balaban J connectivity index is 1.31. The molecule has 1 amide bonds. The van der Waals surface area contributed by atoms with Crippen molar-refractivity contribution in [3.63, 3.8) is 0 Å². The van der Waals surface area contributed by atoms with Gasteiger partial charge in [-0.3, -0.25) is 14.7 Å². The number of piperidine rings is 2. The van der Waals surface area contributed by atoms with Crippen LogP contribution in [0.25, 0.3) is 22.2 Å². The lowest BCUT2D eigenvalue weighted by Crippen LogP contribution is -2.49. The highest BCUT2D eigenvalue weighted by Crippen LogP contribution is 2.38. The lowest BCUT2D eigenvalue weighted by atomic mass is 9.87. The number of hydrogen-bond donors (Lipinski definition) is 1. The fourth-order valence-electron chi connectivity index (χ4n) is 6.23. The molecule has 4 heterocycles. The highest BCUT2D eigenvalue weighted by Gasteiger charge is 2.36. The zero-order valence-corrected chi connectivity index (χ0v) is 22.4. The summed E-state index contributed by atoms with van der Waals surface area (Å²) < 4.78 is 27.5. The van der Waals surface area contributed by atoms with Gasteiger partial charge < -0.3 is 9.88 Å². The number of aromatic amines is 1. The van der Waals surface area contributed by atoms with Crippen LogP contribution in [0.4, 0.5) is 8.78 Å². The Kier molecular flexibility index (Phi) is 7.10. The molecule has 0 radical (unpaired) electrons. The van der Waals surface area contributed by atoms with E-state index in [-0.39, 0.29) is 25.4 Å². The van der Waals surface area contributed by atoms with Gasteiger partial charge in [0.1, 0.15) is 0 Å². The quantitative estimate of drug-likeness (QED) is 0.433. The summed E-state index contributed by atoms with van der Waals surface area (Å²) in [6, 6.07) is 11.0. The lowest BCUT2D eigenvalue weighted by Gasteiger charge is -2.36. The second kappa shape index (κ2) is 10.2. The van der Waals surface area contributed by atoms with Gasteiger partial charge in [-0.1, -0.05) is 19.9 Å². The molecule has 2 fully saturated rings. The van der Waals surface area contributed by atoms with Crippen molar-refractivity contribution in [2.24, 2.45) is 0 Å². The minimum absolute atomic E-state index is 0.0214. The number of pyridine rings is 1. The highest BCUT2D eigenvalue weighted by atomic mass is 19.3. The fraction of sp³-hybridized carbons (Fsp3) is 0.533. The van der Waals surface area contributed by atoms with Gasteiger partial charge in [-0.25, -0.2) is 8.78 Å². The van der Waals surface area contributed by atoms with Crippen molar-refractivity contribution in [3.05, 3.63) is 52.8 Å². The summed E-state index contributed by atoms with van der Waals surface area (Å²) in [4.78, 5) is 24.5. The molecule has 0 unspecified atom stereocenters. The van der Waals surface area contributed by atoms with Gasteiger partial charge in [0.15, 0.2) is 0 Å². The van der Waals surface area contributed by atoms with Crippen molar-refractivity contribution in [1.29, 1.82) is 0 Å². The SMILES string of the molecule is Cc1cc(-c2[nH]c3ccc(C4CCN(C(=O)CN5CCCC(F)(F)C5)CC4)cc3c2C(C)C)cc(C)n1. The third-order valence-electron chi connectivity index (χ3n) is 7.96. The molecule has 0 aliphatic carbocycles. The van der Waals surface area contributed by atoms with Crippen LogP contribution in [0.2, 0.25) is 0 Å². The first kappa shape index (κ1) is 25.8. The Labute approximate surface area is 218 Å². The van der Waals surface area contributed by atoms with Crippen LogP contribution < -0.4 is 0 Å². The van der Waals surface area contributed by atoms with Crippen LogP contribution in [-0.2, 0) is 4.79 Å². The van der Waals surface area contributed by atoms with E-state index in [1.165, 1.54) is 27.8 Å². The number of benzene rings is 1. The van der Waals surface area contributed by atoms with E-state index in [4.69, 9.17) is 0 Å². The largest absolute Gasteiger partial charge is 0.354 e. The molecule has 3 aromatic rings. The number of halogens is 2. The van der Waals surface area contributed by atoms with Gasteiger partial charge in [0.05, 0.1) is 18.8 Å². The molecule has 198 valence electrons. The molecule has 2 aromatic heterocycles. The molecule has 1 aromatic carbocycles. The number of hydrogen-bond acceptors (Lipinski definition) is 3. The van der Waals surface area contributed by atoms with Crippen molar-refractivity contribution < 1.29 is 13.6 Å². The Bertz CT molecular complexity index is 1270. The molecular formula is C30H38F2N4O. The molecule has 37 heavy (non-hydrogen) atoms. The maximum absolute atomic E-state index is 13.7. The van der Waals surface area contributed by atoms with E-state index in [0.717, 1.165) is 29.7 Å². The standard InChI is InChI=1S/C30H38F2N4O/c1-19(2)28-25-16-23(6-7-26(25)34-29(28)24-14-20(3)33-21(4)15-24)22-8-12-36(13-9-22)27(37)17-35-11-5-10-30(31,32)18-35/h6-7,14-16,19,22,34H,5,8-13,17-18H2,1-4H3. The van der Waals surface area contributed by atoms with E-state index >= 15 is 0 Å². The number of alkyl halides is 2. The summed E-state index contributed by atoms with van der Waals surface area (Å²) in [6.45, 7) is 10.3. The number of amides is 1. The van der Waals surface area contributed by atoms with Crippen molar-refractivity contribution in [2.75, 3.05) is 32.7 Å². The summed E-state index contributed by atoms with van der Waals surface area (Å²) in [6.07, 6.45) is 2.16. The van der Waals surface area contributed by atoms with E-state index in [9.17, 15) is 13.6 Å². The highest BCUT2D eigenvalue weighted by molar-refractivity contribution is 5.92. The summed E-state index contributed by atoms with van der Waals surface area (Å²) >= 11 is 0. The summed E-state index contributed by atoms with van der Waals surface area (Å²) in [5, 5.41) is 1.26. The van der Waals surface area contributed by atoms with Gasteiger partial charge in [0.25, 0.3) is 5.92 Å². The maximum atomic E-state index is 13.7. The third kappa shape index (κ3) is 5.57. The second-order valence-electron chi connectivity index (χ2n) is 11.3. The second-order valence-corrected chi connectivity index (χ2v) is 11.3. The molecule has 2 saturated heterocycles. The van der Waals surface area contributed by atoms with E-state index in [1.54, 1.807) is 4.90 Å². The fourth-order valence-corrected chi connectivity index (χ4v) is 6.23. The average Bonchev–Trinajstić information content (AvgIpc) is 3.22. The Morgan fingerprint density at radius 2 is 1.81 bits per heavy atom. The number of likely N-dealkylation sites (tertiary alicyclic amines) is 2. The van der Waals surface area contributed by atoms with E-state index in [0.29, 0.717) is 37.9 Å². The van der Waals surface area contributed by atoms with E-state index in [2.05, 4.69) is 54.1 Å². The molecule has 1 N–H and O–H groups in total. The molecule has 0 saturated carbocycles. The Morgan fingerprint density at radius 3 is 2.46 bits per heavy atom. The first-order chi connectivity index (χ1) is 17.6. The number of nitrogens with zero attached hydrogens (tertiary/aromatic N) is 3. The molecule has 0 bridgehead atoms. The van der Waals surface area contributed by atoms with Crippen LogP contribution in [0, 0.1) is 13.8 Å². The maximum Gasteiger partial charge on any atom is 0.260 e. The number of H-pyrrole nitrogens is 1. The third-order valence-corrected chi connectivity index (χ3v) is 7.96. The number of fused-ring (bicyclic) bond motifs is 1. The van der Waals surface area contributed by atoms with Gasteiger partial charge in [-0.15, -0.1) is 0 Å². The molecule has 5 nitrogen and oxygen atoms in total. The predicted molar refractivity (Wildman–Crippen MR) is 144 cm³/mol. The first-order valence-electron chi connectivity index (χ1n) is 13.6. The molecule has 0 atom stereocenters. The Morgan fingerprint density at radius 1 is 1.11 bits per heavy atom. The molecule has 0 spiro atoms. The van der Waals surface area contributed by atoms with Crippen LogP contribution in [0.15, 0.2) is 30.3 Å². The summed E-state index contributed by atoms with van der Waals surface area (Å²) in [5.41, 5.74) is 8.14. The van der Waals surface area contributed by atoms with Crippen LogP contribution in [-0.4, -0.2) is 64.3 Å². The number of rotatable bonds is 5.